The van der Waals surface area contributed by atoms with Gasteiger partial charge < -0.3 is 14.0 Å². The van der Waals surface area contributed by atoms with Gasteiger partial charge in [-0.25, -0.2) is 0 Å². The Morgan fingerprint density at radius 3 is 1.68 bits per heavy atom. The second-order valence-electron chi connectivity index (χ2n) is 10.1. The van der Waals surface area contributed by atoms with E-state index in [9.17, 15) is 5.11 Å². The molecule has 0 heterocycles. The summed E-state index contributed by atoms with van der Waals surface area (Å²) in [5.41, 5.74) is 0. The van der Waals surface area contributed by atoms with Crippen molar-refractivity contribution in [2.24, 2.45) is 0 Å². The van der Waals surface area contributed by atoms with Gasteiger partial charge in [-0.1, -0.05) is 80.1 Å². The summed E-state index contributed by atoms with van der Waals surface area (Å²) in [5.74, 6) is 0. The van der Waals surface area contributed by atoms with Crippen LogP contribution >= 0.6 is 0 Å². The van der Waals surface area contributed by atoms with E-state index < -0.39 is 16.6 Å². The molecule has 0 bridgehead atoms. The Kier molecular flexibility index (Phi) is 14.5. The van der Waals surface area contributed by atoms with Crippen LogP contribution in [0.4, 0.5) is 0 Å². The topological polar surface area (TPSA) is 38.7 Å². The fourth-order valence-electron chi connectivity index (χ4n) is 3.32. The molecule has 0 aromatic rings. The Bertz CT molecular complexity index is 368. The third kappa shape index (κ3) is 11.5. The molecule has 28 heavy (non-hydrogen) atoms. The summed E-state index contributed by atoms with van der Waals surface area (Å²) >= 11 is 0. The third-order valence-corrected chi connectivity index (χ3v) is 16.1. The summed E-state index contributed by atoms with van der Waals surface area (Å²) in [4.78, 5) is 0. The Morgan fingerprint density at radius 1 is 0.750 bits per heavy atom. The molecule has 1 unspecified atom stereocenters. The first-order chi connectivity index (χ1) is 13.0. The minimum atomic E-state index is -1.56. The summed E-state index contributed by atoms with van der Waals surface area (Å²) in [5, 5.41) is 10.5. The molecule has 0 amide bonds. The lowest BCUT2D eigenvalue weighted by atomic mass is 10.1. The minimum Gasteiger partial charge on any atom is -0.417 e. The Labute approximate surface area is 179 Å². The first-order valence-electron chi connectivity index (χ1n) is 12.0. The molecule has 0 saturated heterocycles. The number of unbranched alkanes of at least 4 members (excludes halogenated alkanes) is 6. The van der Waals surface area contributed by atoms with Crippen LogP contribution in [-0.2, 0) is 8.85 Å². The van der Waals surface area contributed by atoms with Crippen molar-refractivity contribution >= 4 is 16.6 Å². The van der Waals surface area contributed by atoms with Crippen molar-refractivity contribution in [2.45, 2.75) is 135 Å². The van der Waals surface area contributed by atoms with Gasteiger partial charge in [-0.05, 0) is 49.1 Å². The SMILES string of the molecule is CC[Si](CC)(CC)OCC(O)CCCCCCCCCO[Si](C)(C)C(C)(C)C. The van der Waals surface area contributed by atoms with Crippen molar-refractivity contribution in [1.82, 2.24) is 0 Å². The minimum absolute atomic E-state index is 0.274. The zero-order valence-corrected chi connectivity index (χ0v) is 22.5. The van der Waals surface area contributed by atoms with Gasteiger partial charge in [0.05, 0.1) is 12.7 Å². The van der Waals surface area contributed by atoms with Gasteiger partial charge in [0.1, 0.15) is 0 Å². The number of aliphatic hydroxyl groups is 1. The van der Waals surface area contributed by atoms with Gasteiger partial charge in [0, 0.05) is 6.61 Å². The van der Waals surface area contributed by atoms with E-state index in [-0.39, 0.29) is 6.10 Å². The molecule has 3 nitrogen and oxygen atoms in total. The molecule has 0 spiro atoms. The molecule has 0 aliphatic rings. The molecule has 0 aromatic heterocycles. The molecule has 0 rings (SSSR count). The maximum absolute atomic E-state index is 10.2. The third-order valence-electron chi connectivity index (χ3n) is 6.97. The summed E-state index contributed by atoms with van der Waals surface area (Å²) in [6.07, 6.45) is 9.35. The smallest absolute Gasteiger partial charge is 0.192 e. The van der Waals surface area contributed by atoms with E-state index in [2.05, 4.69) is 54.6 Å². The van der Waals surface area contributed by atoms with Crippen LogP contribution in [0.5, 0.6) is 0 Å². The van der Waals surface area contributed by atoms with E-state index >= 15 is 0 Å². The van der Waals surface area contributed by atoms with Crippen LogP contribution in [-0.4, -0.2) is 41.1 Å². The van der Waals surface area contributed by atoms with E-state index in [0.29, 0.717) is 11.6 Å². The van der Waals surface area contributed by atoms with Crippen LogP contribution in [0, 0.1) is 0 Å². The Balaban J connectivity index is 3.62. The monoisotopic (exact) mass is 432 g/mol. The van der Waals surface area contributed by atoms with Gasteiger partial charge in [0.15, 0.2) is 16.6 Å². The predicted molar refractivity (Wildman–Crippen MR) is 129 cm³/mol. The number of aliphatic hydroxyl groups excluding tert-OH is 1. The van der Waals surface area contributed by atoms with E-state index in [1.807, 2.05) is 0 Å². The number of rotatable bonds is 17. The standard InChI is InChI=1S/C23H52O3Si2/c1-9-28(10-2,11-3)26-21-22(24)19-17-15-13-12-14-16-18-20-25-27(7,8)23(4,5)6/h22,24H,9-21H2,1-8H3. The van der Waals surface area contributed by atoms with E-state index in [0.717, 1.165) is 37.6 Å². The fourth-order valence-corrected chi connectivity index (χ4v) is 7.07. The average Bonchev–Trinajstić information content (AvgIpc) is 2.64. The lowest BCUT2D eigenvalue weighted by Crippen LogP contribution is -2.40. The molecule has 170 valence electrons. The molecule has 0 fully saturated rings. The van der Waals surface area contributed by atoms with E-state index in [4.69, 9.17) is 8.85 Å². The van der Waals surface area contributed by atoms with Gasteiger partial charge in [-0.15, -0.1) is 0 Å². The lowest BCUT2D eigenvalue weighted by molar-refractivity contribution is 0.0920. The molecule has 0 aliphatic heterocycles. The molecule has 1 N–H and O–H groups in total. The Morgan fingerprint density at radius 2 is 1.21 bits per heavy atom. The van der Waals surface area contributed by atoms with Crippen molar-refractivity contribution in [2.75, 3.05) is 13.2 Å². The van der Waals surface area contributed by atoms with Crippen molar-refractivity contribution in [3.63, 3.8) is 0 Å². The quantitative estimate of drug-likeness (QED) is 0.191. The van der Waals surface area contributed by atoms with E-state index in [1.54, 1.807) is 0 Å². The van der Waals surface area contributed by atoms with Crippen LogP contribution in [0.3, 0.4) is 0 Å². The van der Waals surface area contributed by atoms with Crippen molar-refractivity contribution in [1.29, 1.82) is 0 Å². The highest BCUT2D eigenvalue weighted by Gasteiger charge is 2.36. The fraction of sp³-hybridized carbons (Fsp3) is 1.00. The summed E-state index contributed by atoms with van der Waals surface area (Å²) in [6, 6.07) is 3.48. The van der Waals surface area contributed by atoms with Crippen LogP contribution in [0.15, 0.2) is 0 Å². The highest BCUT2D eigenvalue weighted by Crippen LogP contribution is 2.36. The maximum atomic E-state index is 10.2. The number of hydrogen-bond donors (Lipinski definition) is 1. The molecule has 0 radical (unpaired) electrons. The normalized spacial score (nSPS) is 14.5. The molecule has 1 atom stereocenters. The summed E-state index contributed by atoms with van der Waals surface area (Å²) in [7, 11) is -3.11. The zero-order chi connectivity index (χ0) is 21.7. The molecule has 0 aliphatic carbocycles. The lowest BCUT2D eigenvalue weighted by Gasteiger charge is -2.36. The average molecular weight is 433 g/mol. The number of hydrogen-bond acceptors (Lipinski definition) is 3. The van der Waals surface area contributed by atoms with Crippen molar-refractivity contribution in [3.8, 4) is 0 Å². The van der Waals surface area contributed by atoms with Crippen LogP contribution in [0.1, 0.15) is 92.9 Å². The zero-order valence-electron chi connectivity index (χ0n) is 20.5. The van der Waals surface area contributed by atoms with Gasteiger partial charge in [-0.2, -0.15) is 0 Å². The van der Waals surface area contributed by atoms with Crippen LogP contribution in [0.25, 0.3) is 0 Å². The molecule has 0 saturated carbocycles. The highest BCUT2D eigenvalue weighted by molar-refractivity contribution is 6.74. The van der Waals surface area contributed by atoms with E-state index in [1.165, 1.54) is 38.5 Å². The van der Waals surface area contributed by atoms with Gasteiger partial charge >= 0.3 is 0 Å². The van der Waals surface area contributed by atoms with Crippen molar-refractivity contribution < 1.29 is 14.0 Å². The molecular formula is C23H52O3Si2. The van der Waals surface area contributed by atoms with Crippen LogP contribution in [0.2, 0.25) is 36.3 Å². The highest BCUT2D eigenvalue weighted by atomic mass is 28.4. The predicted octanol–water partition coefficient (Wildman–Crippen LogP) is 7.51. The summed E-state index contributed by atoms with van der Waals surface area (Å²) in [6.45, 7) is 19.8. The van der Waals surface area contributed by atoms with Crippen molar-refractivity contribution in [3.05, 3.63) is 0 Å². The second kappa shape index (κ2) is 14.3. The first kappa shape index (κ1) is 28.3. The van der Waals surface area contributed by atoms with Crippen LogP contribution < -0.4 is 0 Å². The van der Waals surface area contributed by atoms with Gasteiger partial charge in [0.25, 0.3) is 0 Å². The molecule has 5 heteroatoms. The summed E-state index contributed by atoms with van der Waals surface area (Å²) < 4.78 is 12.4. The largest absolute Gasteiger partial charge is 0.417 e. The molecule has 0 aromatic carbocycles. The Hall–Kier alpha value is 0.314. The molecular weight excluding hydrogens is 380 g/mol. The van der Waals surface area contributed by atoms with Gasteiger partial charge in [0.2, 0.25) is 0 Å². The second-order valence-corrected chi connectivity index (χ2v) is 19.7. The van der Waals surface area contributed by atoms with Gasteiger partial charge in [-0.3, -0.25) is 0 Å². The maximum Gasteiger partial charge on any atom is 0.192 e. The first-order valence-corrected chi connectivity index (χ1v) is 17.4.